The summed E-state index contributed by atoms with van der Waals surface area (Å²) in [6.07, 6.45) is -3.52. The zero-order chi connectivity index (χ0) is 23.8. The van der Waals surface area contributed by atoms with E-state index in [1.807, 2.05) is 0 Å². The Bertz CT molecular complexity index is 611. The van der Waals surface area contributed by atoms with Crippen molar-refractivity contribution >= 4 is 23.7 Å². The molecule has 0 aromatic heterocycles. The molecule has 174 valence electrons. The third kappa shape index (κ3) is 8.22. The van der Waals surface area contributed by atoms with Crippen LogP contribution in [0.4, 0.5) is 0 Å². The molecule has 30 heavy (non-hydrogen) atoms. The van der Waals surface area contributed by atoms with Crippen LogP contribution in [0.1, 0.15) is 41.0 Å². The third-order valence-electron chi connectivity index (χ3n) is 4.72. The predicted molar refractivity (Wildman–Crippen MR) is 106 cm³/mol. The van der Waals surface area contributed by atoms with Gasteiger partial charge in [0, 0.05) is 0 Å². The highest BCUT2D eigenvalue weighted by atomic mass is 16.4. The highest BCUT2D eigenvalue weighted by Crippen LogP contribution is 2.10. The number of hydrogen-bond donors (Lipinski definition) is 8. The molecule has 0 radical (unpaired) electrons. The number of nitrogens with one attached hydrogen (secondary N) is 3. The first kappa shape index (κ1) is 27.7. The predicted octanol–water partition coefficient (Wildman–Crippen LogP) is -2.96. The van der Waals surface area contributed by atoms with Crippen molar-refractivity contribution in [1.29, 1.82) is 0 Å². The summed E-state index contributed by atoms with van der Waals surface area (Å²) in [4.78, 5) is 48.5. The zero-order valence-electron chi connectivity index (χ0n) is 17.8. The first-order valence-electron chi connectivity index (χ1n) is 9.68. The Hall–Kier alpha value is -2.28. The maximum absolute atomic E-state index is 12.8. The summed E-state index contributed by atoms with van der Waals surface area (Å²) in [7, 11) is 0. The molecule has 0 fully saturated rings. The summed E-state index contributed by atoms with van der Waals surface area (Å²) >= 11 is 0. The van der Waals surface area contributed by atoms with E-state index in [1.54, 1.807) is 13.8 Å². The normalized spacial score (nSPS) is 19.2. The molecular weight excluding hydrogens is 400 g/mol. The van der Waals surface area contributed by atoms with E-state index in [0.717, 1.165) is 6.92 Å². The van der Waals surface area contributed by atoms with E-state index in [1.165, 1.54) is 13.8 Å². The number of carbonyl (C=O) groups is 4. The fraction of sp³-hybridized carbons (Fsp3) is 0.778. The number of carboxylic acid groups (broad SMARTS) is 1. The first-order chi connectivity index (χ1) is 13.7. The van der Waals surface area contributed by atoms with Gasteiger partial charge in [-0.3, -0.25) is 14.4 Å². The Morgan fingerprint density at radius 2 is 1.13 bits per heavy atom. The van der Waals surface area contributed by atoms with E-state index >= 15 is 0 Å². The van der Waals surface area contributed by atoms with Gasteiger partial charge in [0.05, 0.1) is 18.3 Å². The molecule has 0 aliphatic rings. The van der Waals surface area contributed by atoms with Crippen molar-refractivity contribution in [2.45, 2.75) is 83.5 Å². The molecule has 3 amide bonds. The van der Waals surface area contributed by atoms with Gasteiger partial charge in [-0.1, -0.05) is 20.3 Å². The molecule has 9 N–H and O–H groups in total. The number of aliphatic carboxylic acids is 1. The average molecular weight is 434 g/mol. The van der Waals surface area contributed by atoms with Crippen LogP contribution in [0.15, 0.2) is 0 Å². The molecule has 0 bridgehead atoms. The van der Waals surface area contributed by atoms with Crippen molar-refractivity contribution in [1.82, 2.24) is 16.0 Å². The largest absolute Gasteiger partial charge is 0.480 e. The zero-order valence-corrected chi connectivity index (χ0v) is 17.8. The Morgan fingerprint density at radius 1 is 0.733 bits per heavy atom. The standard InChI is InChI=1S/C18H34N4O8/c1-6-7(2)12(20-15(26)11(19)8(3)23)16(27)21-13(9(4)24)17(28)22-14(10(5)25)18(29)30/h7-14,23-25H,6,19H2,1-5H3,(H,20,26)(H,21,27)(H,22,28)(H,29,30). The van der Waals surface area contributed by atoms with Crippen LogP contribution in [0.5, 0.6) is 0 Å². The van der Waals surface area contributed by atoms with E-state index in [0.29, 0.717) is 6.42 Å². The summed E-state index contributed by atoms with van der Waals surface area (Å²) in [6.45, 7) is 7.13. The summed E-state index contributed by atoms with van der Waals surface area (Å²) < 4.78 is 0. The van der Waals surface area contributed by atoms with E-state index < -0.39 is 72.1 Å². The Morgan fingerprint density at radius 3 is 1.50 bits per heavy atom. The van der Waals surface area contributed by atoms with Crippen molar-refractivity contribution in [2.24, 2.45) is 11.7 Å². The Labute approximate surface area is 175 Å². The molecule has 12 heteroatoms. The van der Waals surface area contributed by atoms with Gasteiger partial charge in [0.2, 0.25) is 17.7 Å². The van der Waals surface area contributed by atoms with Crippen LogP contribution in [-0.4, -0.2) is 86.6 Å². The molecule has 0 aliphatic heterocycles. The number of hydrogen-bond acceptors (Lipinski definition) is 8. The maximum Gasteiger partial charge on any atom is 0.328 e. The van der Waals surface area contributed by atoms with E-state index in [2.05, 4.69) is 16.0 Å². The monoisotopic (exact) mass is 434 g/mol. The van der Waals surface area contributed by atoms with Crippen LogP contribution < -0.4 is 21.7 Å². The number of aliphatic hydroxyl groups is 3. The first-order valence-corrected chi connectivity index (χ1v) is 9.68. The molecule has 8 atom stereocenters. The van der Waals surface area contributed by atoms with E-state index in [-0.39, 0.29) is 0 Å². The molecule has 0 aliphatic carbocycles. The lowest BCUT2D eigenvalue weighted by atomic mass is 9.97. The molecule has 12 nitrogen and oxygen atoms in total. The fourth-order valence-corrected chi connectivity index (χ4v) is 2.45. The Balaban J connectivity index is 5.49. The Kier molecular flexibility index (Phi) is 11.5. The molecule has 0 saturated heterocycles. The summed E-state index contributed by atoms with van der Waals surface area (Å²) in [5.74, 6) is -4.49. The van der Waals surface area contributed by atoms with Crippen molar-refractivity contribution in [3.8, 4) is 0 Å². The minimum absolute atomic E-state index is 0.392. The van der Waals surface area contributed by atoms with Crippen LogP contribution in [0.2, 0.25) is 0 Å². The second kappa shape index (κ2) is 12.4. The van der Waals surface area contributed by atoms with Crippen LogP contribution in [0.3, 0.4) is 0 Å². The van der Waals surface area contributed by atoms with E-state index in [9.17, 15) is 34.5 Å². The second-order valence-corrected chi connectivity index (χ2v) is 7.43. The second-order valence-electron chi connectivity index (χ2n) is 7.43. The van der Waals surface area contributed by atoms with Gasteiger partial charge in [0.25, 0.3) is 0 Å². The minimum atomic E-state index is -1.65. The van der Waals surface area contributed by atoms with Gasteiger partial charge < -0.3 is 42.1 Å². The summed E-state index contributed by atoms with van der Waals surface area (Å²) in [5.41, 5.74) is 5.58. The molecule has 0 aromatic rings. The number of aliphatic hydroxyl groups excluding tert-OH is 3. The minimum Gasteiger partial charge on any atom is -0.480 e. The molecule has 0 rings (SSSR count). The third-order valence-corrected chi connectivity index (χ3v) is 4.72. The van der Waals surface area contributed by atoms with Gasteiger partial charge in [-0.25, -0.2) is 4.79 Å². The van der Waals surface area contributed by atoms with E-state index in [4.69, 9.17) is 10.8 Å². The lowest BCUT2D eigenvalue weighted by Crippen LogP contribution is -2.62. The topological polar surface area (TPSA) is 211 Å². The molecule has 8 unspecified atom stereocenters. The van der Waals surface area contributed by atoms with Crippen molar-refractivity contribution in [2.75, 3.05) is 0 Å². The van der Waals surface area contributed by atoms with Crippen molar-refractivity contribution in [3.63, 3.8) is 0 Å². The van der Waals surface area contributed by atoms with Crippen molar-refractivity contribution < 1.29 is 39.6 Å². The van der Waals surface area contributed by atoms with Crippen LogP contribution >= 0.6 is 0 Å². The van der Waals surface area contributed by atoms with Gasteiger partial charge in [-0.15, -0.1) is 0 Å². The summed E-state index contributed by atoms with van der Waals surface area (Å²) in [6, 6.07) is -5.60. The van der Waals surface area contributed by atoms with Crippen molar-refractivity contribution in [3.05, 3.63) is 0 Å². The fourth-order valence-electron chi connectivity index (χ4n) is 2.45. The SMILES string of the molecule is CCC(C)C(NC(=O)C(N)C(C)O)C(=O)NC(C(=O)NC(C(=O)O)C(C)O)C(C)O. The smallest absolute Gasteiger partial charge is 0.328 e. The lowest BCUT2D eigenvalue weighted by Gasteiger charge is -2.29. The molecule has 0 heterocycles. The number of carbonyl (C=O) groups excluding carboxylic acids is 3. The number of nitrogens with two attached hydrogens (primary N) is 1. The molecule has 0 aromatic carbocycles. The van der Waals surface area contributed by atoms with Gasteiger partial charge in [0.1, 0.15) is 18.1 Å². The quantitative estimate of drug-likeness (QED) is 0.157. The van der Waals surface area contributed by atoms with Crippen LogP contribution in [0.25, 0.3) is 0 Å². The van der Waals surface area contributed by atoms with Gasteiger partial charge >= 0.3 is 5.97 Å². The van der Waals surface area contributed by atoms with Crippen LogP contribution in [0, 0.1) is 5.92 Å². The number of carboxylic acids is 1. The van der Waals surface area contributed by atoms with Gasteiger partial charge in [-0.05, 0) is 26.7 Å². The average Bonchev–Trinajstić information content (AvgIpc) is 2.65. The lowest BCUT2D eigenvalue weighted by molar-refractivity contribution is -0.146. The number of amides is 3. The molecule has 0 spiro atoms. The molecular formula is C18H34N4O8. The maximum atomic E-state index is 12.8. The highest BCUT2D eigenvalue weighted by molar-refractivity contribution is 5.94. The van der Waals surface area contributed by atoms with Gasteiger partial charge in [0.15, 0.2) is 6.04 Å². The van der Waals surface area contributed by atoms with Gasteiger partial charge in [-0.2, -0.15) is 0 Å². The summed E-state index contributed by atoms with van der Waals surface area (Å²) in [5, 5.41) is 44.7. The highest BCUT2D eigenvalue weighted by Gasteiger charge is 2.35. The molecule has 0 saturated carbocycles. The number of rotatable bonds is 12. The van der Waals surface area contributed by atoms with Crippen LogP contribution in [-0.2, 0) is 19.2 Å².